The molecule has 0 saturated carbocycles. The Morgan fingerprint density at radius 1 is 0.800 bits per heavy atom. The molecule has 5 rings (SSSR count). The van der Waals surface area contributed by atoms with Crippen LogP contribution >= 0.6 is 11.8 Å². The molecule has 0 radical (unpaired) electrons. The number of aromatic nitrogens is 4. The third-order valence-electron chi connectivity index (χ3n) is 5.09. The third-order valence-corrected chi connectivity index (χ3v) is 6.11. The first-order valence-corrected chi connectivity index (χ1v) is 10.9. The second-order valence-corrected chi connectivity index (χ2v) is 8.11. The van der Waals surface area contributed by atoms with Crippen molar-refractivity contribution in [1.82, 2.24) is 19.2 Å². The molecular formula is C24H20N4OS. The molecule has 0 atom stereocenters. The quantitative estimate of drug-likeness (QED) is 0.298. The number of nitrogens with zero attached hydrogens (tertiary/aromatic N) is 4. The average Bonchev–Trinajstić information content (AvgIpc) is 3.22. The second kappa shape index (κ2) is 8.16. The van der Waals surface area contributed by atoms with Crippen molar-refractivity contribution in [3.63, 3.8) is 0 Å². The van der Waals surface area contributed by atoms with Crippen molar-refractivity contribution >= 4 is 28.4 Å². The van der Waals surface area contributed by atoms with Crippen LogP contribution in [-0.4, -0.2) is 24.9 Å². The van der Waals surface area contributed by atoms with Crippen LogP contribution in [0, 0.1) is 0 Å². The van der Waals surface area contributed by atoms with Gasteiger partial charge in [-0.15, -0.1) is 10.2 Å². The molecule has 2 aromatic heterocycles. The standard InChI is InChI=1S/C24H20N4OS/c29-22-20-15-7-8-16-21(20)28-23(27(22)19-13-5-2-6-14-19)25-26-24(28)30-17-9-12-18-10-3-1-4-11-18/h1-8,10-11,13-16H,9,12,17H2. The first-order chi connectivity index (χ1) is 14.8. The Hall–Kier alpha value is -3.38. The Bertz CT molecular complexity index is 1360. The van der Waals surface area contributed by atoms with Gasteiger partial charge in [0.05, 0.1) is 16.6 Å². The highest BCUT2D eigenvalue weighted by Gasteiger charge is 2.17. The number of thioether (sulfide) groups is 1. The maximum Gasteiger partial charge on any atom is 0.267 e. The summed E-state index contributed by atoms with van der Waals surface area (Å²) in [5.74, 6) is 1.46. The predicted molar refractivity (Wildman–Crippen MR) is 122 cm³/mol. The van der Waals surface area contributed by atoms with E-state index in [9.17, 15) is 4.79 Å². The third kappa shape index (κ3) is 3.39. The monoisotopic (exact) mass is 412 g/mol. The fraction of sp³-hybridized carbons (Fsp3) is 0.125. The number of para-hydroxylation sites is 2. The van der Waals surface area contributed by atoms with E-state index in [4.69, 9.17) is 0 Å². The molecule has 5 nitrogen and oxygen atoms in total. The zero-order valence-electron chi connectivity index (χ0n) is 16.3. The fourth-order valence-corrected chi connectivity index (χ4v) is 4.55. The van der Waals surface area contributed by atoms with Crippen molar-refractivity contribution in [2.75, 3.05) is 5.75 Å². The van der Waals surface area contributed by atoms with E-state index in [2.05, 4.69) is 34.5 Å². The summed E-state index contributed by atoms with van der Waals surface area (Å²) >= 11 is 1.67. The Labute approximate surface area is 178 Å². The normalized spacial score (nSPS) is 11.3. The molecule has 0 fully saturated rings. The van der Waals surface area contributed by atoms with Gasteiger partial charge in [0.15, 0.2) is 5.16 Å². The lowest BCUT2D eigenvalue weighted by atomic mass is 10.1. The van der Waals surface area contributed by atoms with Gasteiger partial charge < -0.3 is 0 Å². The van der Waals surface area contributed by atoms with Crippen LogP contribution in [-0.2, 0) is 6.42 Å². The topological polar surface area (TPSA) is 52.2 Å². The lowest BCUT2D eigenvalue weighted by molar-refractivity contribution is 0.906. The highest BCUT2D eigenvalue weighted by Crippen LogP contribution is 2.24. The van der Waals surface area contributed by atoms with E-state index in [1.807, 2.05) is 65.1 Å². The predicted octanol–water partition coefficient (Wildman–Crippen LogP) is 4.76. The van der Waals surface area contributed by atoms with E-state index in [0.29, 0.717) is 11.2 Å². The molecule has 5 aromatic rings. The summed E-state index contributed by atoms with van der Waals surface area (Å²) in [6, 6.07) is 27.7. The van der Waals surface area contributed by atoms with Gasteiger partial charge in [0, 0.05) is 5.75 Å². The van der Waals surface area contributed by atoms with Crippen LogP contribution < -0.4 is 5.56 Å². The minimum atomic E-state index is -0.0858. The highest BCUT2D eigenvalue weighted by atomic mass is 32.2. The van der Waals surface area contributed by atoms with Crippen molar-refractivity contribution in [2.24, 2.45) is 0 Å². The number of hydrogen-bond donors (Lipinski definition) is 0. The molecular weight excluding hydrogens is 392 g/mol. The zero-order chi connectivity index (χ0) is 20.3. The Morgan fingerprint density at radius 2 is 1.50 bits per heavy atom. The van der Waals surface area contributed by atoms with Crippen molar-refractivity contribution in [1.29, 1.82) is 0 Å². The minimum absolute atomic E-state index is 0.0858. The first kappa shape index (κ1) is 18.6. The maximum atomic E-state index is 13.2. The van der Waals surface area contributed by atoms with Crippen molar-refractivity contribution in [3.05, 3.63) is 101 Å². The van der Waals surface area contributed by atoms with Crippen molar-refractivity contribution in [2.45, 2.75) is 18.0 Å². The summed E-state index contributed by atoms with van der Waals surface area (Å²) in [4.78, 5) is 13.2. The summed E-state index contributed by atoms with van der Waals surface area (Å²) in [5.41, 5.74) is 2.87. The van der Waals surface area contributed by atoms with Gasteiger partial charge >= 0.3 is 0 Å². The van der Waals surface area contributed by atoms with E-state index >= 15 is 0 Å². The Morgan fingerprint density at radius 3 is 2.30 bits per heavy atom. The molecule has 0 unspecified atom stereocenters. The van der Waals surface area contributed by atoms with Gasteiger partial charge in [-0.05, 0) is 42.7 Å². The summed E-state index contributed by atoms with van der Waals surface area (Å²) in [6.45, 7) is 0. The molecule has 0 N–H and O–H groups in total. The van der Waals surface area contributed by atoms with Gasteiger partial charge in [-0.25, -0.2) is 4.57 Å². The molecule has 0 amide bonds. The molecule has 0 aliphatic rings. The molecule has 0 bridgehead atoms. The van der Waals surface area contributed by atoms with Crippen LogP contribution in [0.3, 0.4) is 0 Å². The largest absolute Gasteiger partial charge is 0.268 e. The summed E-state index contributed by atoms with van der Waals surface area (Å²) in [7, 11) is 0. The van der Waals surface area contributed by atoms with E-state index in [1.165, 1.54) is 5.56 Å². The number of aryl methyl sites for hydroxylation is 1. The lowest BCUT2D eigenvalue weighted by Gasteiger charge is -2.11. The van der Waals surface area contributed by atoms with Gasteiger partial charge in [-0.2, -0.15) is 0 Å². The van der Waals surface area contributed by atoms with Crippen LogP contribution in [0.1, 0.15) is 12.0 Å². The van der Waals surface area contributed by atoms with E-state index < -0.39 is 0 Å². The fourth-order valence-electron chi connectivity index (χ4n) is 3.67. The first-order valence-electron chi connectivity index (χ1n) is 9.94. The average molecular weight is 413 g/mol. The highest BCUT2D eigenvalue weighted by molar-refractivity contribution is 7.99. The molecule has 0 saturated heterocycles. The molecule has 3 aromatic carbocycles. The number of hydrogen-bond acceptors (Lipinski definition) is 4. The van der Waals surface area contributed by atoms with E-state index in [0.717, 1.165) is 35.0 Å². The molecule has 148 valence electrons. The molecule has 0 aliphatic heterocycles. The number of rotatable bonds is 6. The van der Waals surface area contributed by atoms with Crippen molar-refractivity contribution < 1.29 is 0 Å². The van der Waals surface area contributed by atoms with Gasteiger partial charge in [0.25, 0.3) is 5.56 Å². The Kier molecular flexibility index (Phi) is 5.07. The zero-order valence-corrected chi connectivity index (χ0v) is 17.1. The van der Waals surface area contributed by atoms with Crippen LogP contribution in [0.15, 0.2) is 94.9 Å². The van der Waals surface area contributed by atoms with Gasteiger partial charge in [-0.3, -0.25) is 9.20 Å². The molecule has 0 spiro atoms. The van der Waals surface area contributed by atoms with E-state index in [-0.39, 0.29) is 5.56 Å². The van der Waals surface area contributed by atoms with Crippen LogP contribution in [0.5, 0.6) is 0 Å². The summed E-state index contributed by atoms with van der Waals surface area (Å²) in [6.07, 6.45) is 2.07. The summed E-state index contributed by atoms with van der Waals surface area (Å²) in [5, 5.41) is 10.3. The lowest BCUT2D eigenvalue weighted by Crippen LogP contribution is -2.21. The molecule has 0 aliphatic carbocycles. The number of benzene rings is 3. The molecule has 30 heavy (non-hydrogen) atoms. The van der Waals surface area contributed by atoms with Crippen LogP contribution in [0.2, 0.25) is 0 Å². The number of fused-ring (bicyclic) bond motifs is 3. The summed E-state index contributed by atoms with van der Waals surface area (Å²) < 4.78 is 3.64. The minimum Gasteiger partial charge on any atom is -0.268 e. The Balaban J connectivity index is 1.54. The van der Waals surface area contributed by atoms with Gasteiger partial charge in [0.1, 0.15) is 0 Å². The SMILES string of the molecule is O=c1c2ccccc2n2c(SCCCc3ccccc3)nnc2n1-c1ccccc1. The van der Waals surface area contributed by atoms with Crippen LogP contribution in [0.25, 0.3) is 22.4 Å². The van der Waals surface area contributed by atoms with Crippen molar-refractivity contribution in [3.8, 4) is 5.69 Å². The maximum absolute atomic E-state index is 13.2. The second-order valence-electron chi connectivity index (χ2n) is 7.05. The van der Waals surface area contributed by atoms with E-state index in [1.54, 1.807) is 16.3 Å². The molecule has 6 heteroatoms. The van der Waals surface area contributed by atoms with Gasteiger partial charge in [-0.1, -0.05) is 72.4 Å². The van der Waals surface area contributed by atoms with Crippen LogP contribution in [0.4, 0.5) is 0 Å². The smallest absolute Gasteiger partial charge is 0.267 e. The van der Waals surface area contributed by atoms with Gasteiger partial charge in [0.2, 0.25) is 5.78 Å². The molecule has 2 heterocycles.